The molecule has 0 radical (unpaired) electrons. The average molecular weight is 245 g/mol. The minimum Gasteiger partial charge on any atom is -0.382 e. The van der Waals surface area contributed by atoms with Crippen molar-refractivity contribution >= 4 is 5.69 Å². The molecule has 1 unspecified atom stereocenters. The van der Waals surface area contributed by atoms with Crippen molar-refractivity contribution in [3.05, 3.63) is 29.6 Å². The zero-order valence-corrected chi connectivity index (χ0v) is 9.31. The first-order valence-electron chi connectivity index (χ1n) is 5.67. The predicted molar refractivity (Wildman–Crippen MR) is 58.4 cm³/mol. The summed E-state index contributed by atoms with van der Waals surface area (Å²) in [6.07, 6.45) is 2.97. The molecule has 94 valence electrons. The third-order valence-corrected chi connectivity index (χ3v) is 2.82. The third-order valence-electron chi connectivity index (χ3n) is 2.82. The van der Waals surface area contributed by atoms with E-state index in [2.05, 4.69) is 5.32 Å². The van der Waals surface area contributed by atoms with Gasteiger partial charge in [-0.2, -0.15) is 0 Å². The molecule has 1 atom stereocenters. The van der Waals surface area contributed by atoms with Crippen molar-refractivity contribution in [3.63, 3.8) is 0 Å². The van der Waals surface area contributed by atoms with Crippen molar-refractivity contribution in [2.45, 2.75) is 25.4 Å². The molecule has 0 saturated carbocycles. The fourth-order valence-corrected chi connectivity index (χ4v) is 1.90. The minimum absolute atomic E-state index is 0.0121. The highest BCUT2D eigenvalue weighted by Gasteiger charge is 2.15. The maximum absolute atomic E-state index is 13.2. The van der Waals surface area contributed by atoms with Crippen molar-refractivity contribution in [2.75, 3.05) is 18.5 Å². The van der Waals surface area contributed by atoms with Gasteiger partial charge in [-0.15, -0.1) is 0 Å². The molecule has 1 N–H and O–H groups in total. The van der Waals surface area contributed by atoms with Crippen LogP contribution in [0.4, 0.5) is 18.9 Å². The molecule has 5 heteroatoms. The molecule has 1 aliphatic rings. The highest BCUT2D eigenvalue weighted by atomic mass is 19.2. The Bertz CT molecular complexity index is 392. The fourth-order valence-electron chi connectivity index (χ4n) is 1.90. The van der Waals surface area contributed by atoms with Gasteiger partial charge in [-0.1, -0.05) is 0 Å². The summed E-state index contributed by atoms with van der Waals surface area (Å²) in [4.78, 5) is 0. The van der Waals surface area contributed by atoms with Crippen molar-refractivity contribution in [1.29, 1.82) is 0 Å². The second-order valence-electron chi connectivity index (χ2n) is 4.10. The molecule has 2 nitrogen and oxygen atoms in total. The number of hydrogen-bond acceptors (Lipinski definition) is 2. The molecule has 1 aromatic rings. The van der Waals surface area contributed by atoms with Crippen LogP contribution in [0.25, 0.3) is 0 Å². The molecule has 1 aromatic carbocycles. The van der Waals surface area contributed by atoms with Crippen LogP contribution in [0.15, 0.2) is 12.1 Å². The Morgan fingerprint density at radius 3 is 2.65 bits per heavy atom. The minimum atomic E-state index is -1.17. The highest BCUT2D eigenvalue weighted by molar-refractivity contribution is 5.45. The van der Waals surface area contributed by atoms with Crippen LogP contribution in [-0.4, -0.2) is 19.3 Å². The molecule has 0 spiro atoms. The van der Waals surface area contributed by atoms with Crippen molar-refractivity contribution in [3.8, 4) is 0 Å². The van der Waals surface area contributed by atoms with Crippen LogP contribution in [0.3, 0.4) is 0 Å². The number of anilines is 1. The molecule has 1 heterocycles. The Hall–Kier alpha value is -1.23. The zero-order valence-electron chi connectivity index (χ0n) is 9.31. The third kappa shape index (κ3) is 3.12. The van der Waals surface area contributed by atoms with E-state index in [1.54, 1.807) is 0 Å². The second kappa shape index (κ2) is 5.40. The normalized spacial score (nSPS) is 19.6. The molecule has 2 rings (SSSR count). The van der Waals surface area contributed by atoms with E-state index in [4.69, 9.17) is 4.74 Å². The summed E-state index contributed by atoms with van der Waals surface area (Å²) in [6.45, 7) is 1.25. The van der Waals surface area contributed by atoms with Crippen molar-refractivity contribution in [2.24, 2.45) is 0 Å². The molecule has 0 aromatic heterocycles. The number of ether oxygens (including phenoxy) is 1. The molecule has 0 aliphatic carbocycles. The topological polar surface area (TPSA) is 21.3 Å². The second-order valence-corrected chi connectivity index (χ2v) is 4.10. The Labute approximate surface area is 97.8 Å². The molecule has 0 bridgehead atoms. The molecule has 17 heavy (non-hydrogen) atoms. The zero-order chi connectivity index (χ0) is 12.3. The summed E-state index contributed by atoms with van der Waals surface area (Å²) >= 11 is 0. The molecule has 1 fully saturated rings. The van der Waals surface area contributed by atoms with Gasteiger partial charge in [0.15, 0.2) is 11.6 Å². The van der Waals surface area contributed by atoms with Crippen LogP contribution in [0.2, 0.25) is 0 Å². The first-order valence-corrected chi connectivity index (χ1v) is 5.67. The first kappa shape index (κ1) is 12.2. The lowest BCUT2D eigenvalue weighted by atomic mass is 10.2. The summed E-state index contributed by atoms with van der Waals surface area (Å²) in [7, 11) is 0. The van der Waals surface area contributed by atoms with E-state index in [1.165, 1.54) is 0 Å². The Morgan fingerprint density at radius 1 is 1.18 bits per heavy atom. The Morgan fingerprint density at radius 2 is 1.94 bits per heavy atom. The maximum atomic E-state index is 13.2. The van der Waals surface area contributed by atoms with Gasteiger partial charge in [0, 0.05) is 25.3 Å². The summed E-state index contributed by atoms with van der Waals surface area (Å²) in [5, 5.41) is 2.75. The largest absolute Gasteiger partial charge is 0.382 e. The van der Waals surface area contributed by atoms with Gasteiger partial charge >= 0.3 is 0 Å². The van der Waals surface area contributed by atoms with Gasteiger partial charge in [0.25, 0.3) is 0 Å². The molecule has 1 saturated heterocycles. The van der Waals surface area contributed by atoms with E-state index in [9.17, 15) is 13.2 Å². The first-order chi connectivity index (χ1) is 8.16. The van der Waals surface area contributed by atoms with E-state index in [-0.39, 0.29) is 11.8 Å². The average Bonchev–Trinajstić information content (AvgIpc) is 2.78. The summed E-state index contributed by atoms with van der Waals surface area (Å²) in [5.41, 5.74) is -0.0121. The molecular formula is C12H14F3NO. The summed E-state index contributed by atoms with van der Waals surface area (Å²) in [5.74, 6) is -3.01. The molecule has 0 amide bonds. The van der Waals surface area contributed by atoms with Crippen LogP contribution in [0.5, 0.6) is 0 Å². The Kier molecular flexibility index (Phi) is 3.89. The monoisotopic (exact) mass is 245 g/mol. The van der Waals surface area contributed by atoms with Crippen LogP contribution in [-0.2, 0) is 4.74 Å². The van der Waals surface area contributed by atoms with E-state index in [0.717, 1.165) is 31.9 Å². The molecule has 1 aliphatic heterocycles. The number of benzene rings is 1. The van der Waals surface area contributed by atoms with Gasteiger partial charge in [-0.25, -0.2) is 13.2 Å². The van der Waals surface area contributed by atoms with Gasteiger partial charge in [-0.05, 0) is 19.3 Å². The summed E-state index contributed by atoms with van der Waals surface area (Å²) < 4.78 is 44.2. The SMILES string of the molecule is Fc1cc(F)c(NCCC2CCCO2)cc1F. The predicted octanol–water partition coefficient (Wildman–Crippen LogP) is 3.08. The maximum Gasteiger partial charge on any atom is 0.161 e. The standard InChI is InChI=1S/C12H14F3NO/c13-9-6-11(15)12(7-10(9)14)16-4-3-8-2-1-5-17-8/h6-8,16H,1-5H2. The van der Waals surface area contributed by atoms with Gasteiger partial charge in [-0.3, -0.25) is 0 Å². The van der Waals surface area contributed by atoms with Gasteiger partial charge in [0.2, 0.25) is 0 Å². The lowest BCUT2D eigenvalue weighted by molar-refractivity contribution is 0.107. The van der Waals surface area contributed by atoms with Crippen molar-refractivity contribution in [1.82, 2.24) is 0 Å². The van der Waals surface area contributed by atoms with Crippen molar-refractivity contribution < 1.29 is 17.9 Å². The van der Waals surface area contributed by atoms with E-state index in [0.29, 0.717) is 12.6 Å². The Balaban J connectivity index is 1.87. The van der Waals surface area contributed by atoms with Gasteiger partial charge in [0.05, 0.1) is 11.8 Å². The van der Waals surface area contributed by atoms with Gasteiger partial charge in [0.1, 0.15) is 5.82 Å². The van der Waals surface area contributed by atoms with Crippen LogP contribution < -0.4 is 5.32 Å². The quantitative estimate of drug-likeness (QED) is 0.823. The molecular weight excluding hydrogens is 231 g/mol. The highest BCUT2D eigenvalue weighted by Crippen LogP contribution is 2.19. The van der Waals surface area contributed by atoms with E-state index < -0.39 is 17.5 Å². The van der Waals surface area contributed by atoms with Crippen LogP contribution in [0, 0.1) is 17.5 Å². The number of rotatable bonds is 4. The lowest BCUT2D eigenvalue weighted by Gasteiger charge is -2.11. The van der Waals surface area contributed by atoms with E-state index in [1.807, 2.05) is 0 Å². The van der Waals surface area contributed by atoms with Crippen LogP contribution in [0.1, 0.15) is 19.3 Å². The van der Waals surface area contributed by atoms with Gasteiger partial charge < -0.3 is 10.1 Å². The smallest absolute Gasteiger partial charge is 0.161 e. The fraction of sp³-hybridized carbons (Fsp3) is 0.500. The lowest BCUT2D eigenvalue weighted by Crippen LogP contribution is -2.13. The van der Waals surface area contributed by atoms with E-state index >= 15 is 0 Å². The summed E-state index contributed by atoms with van der Waals surface area (Å²) in [6, 6.07) is 1.38. The van der Waals surface area contributed by atoms with Crippen LogP contribution >= 0.6 is 0 Å². The number of hydrogen-bond donors (Lipinski definition) is 1. The number of nitrogens with one attached hydrogen (secondary N) is 1. The number of halogens is 3.